The molecule has 0 unspecified atom stereocenters. The number of benzene rings is 2. The molecule has 0 saturated carbocycles. The molecule has 1 aliphatic heterocycles. The Labute approximate surface area is 145 Å². The summed E-state index contributed by atoms with van der Waals surface area (Å²) in [5.41, 5.74) is 1.33. The van der Waals surface area contributed by atoms with Gasteiger partial charge in [0.1, 0.15) is 0 Å². The van der Waals surface area contributed by atoms with E-state index in [0.29, 0.717) is 18.5 Å². The third-order valence-electron chi connectivity index (χ3n) is 4.61. The van der Waals surface area contributed by atoms with E-state index in [4.69, 9.17) is 4.74 Å². The van der Waals surface area contributed by atoms with Crippen LogP contribution in [-0.4, -0.2) is 47.7 Å². The van der Waals surface area contributed by atoms with Crippen molar-refractivity contribution in [1.82, 2.24) is 4.90 Å². The first kappa shape index (κ1) is 16.9. The van der Waals surface area contributed by atoms with E-state index < -0.39 is 18.1 Å². The minimum Gasteiger partial charge on any atom is -0.467 e. The van der Waals surface area contributed by atoms with E-state index in [-0.39, 0.29) is 12.3 Å². The number of rotatable bonds is 3. The highest BCUT2D eigenvalue weighted by molar-refractivity contribution is 5.94. The molecule has 2 aromatic carbocycles. The average molecular weight is 338 g/mol. The Kier molecular flexibility index (Phi) is 4.68. The van der Waals surface area contributed by atoms with Gasteiger partial charge in [0.25, 0.3) is 0 Å². The van der Waals surface area contributed by atoms with Crippen molar-refractivity contribution in [1.29, 1.82) is 5.26 Å². The fourth-order valence-corrected chi connectivity index (χ4v) is 3.34. The largest absolute Gasteiger partial charge is 0.467 e. The summed E-state index contributed by atoms with van der Waals surface area (Å²) in [5, 5.41) is 20.8. The Bertz CT molecular complexity index is 871. The van der Waals surface area contributed by atoms with E-state index in [1.54, 1.807) is 12.1 Å². The first-order valence-electron chi connectivity index (χ1n) is 8.03. The second kappa shape index (κ2) is 6.91. The SMILES string of the molecule is COC(=O)[C@@H]1[C@H](O)CCN1C(=O)Cc1ccc(C#N)c2ccccc12. The van der Waals surface area contributed by atoms with Crippen LogP contribution >= 0.6 is 0 Å². The fraction of sp³-hybridized carbons (Fsp3) is 0.316. The van der Waals surface area contributed by atoms with Crippen LogP contribution in [0.1, 0.15) is 17.5 Å². The molecule has 3 rings (SSSR count). The molecule has 1 saturated heterocycles. The van der Waals surface area contributed by atoms with Gasteiger partial charge in [-0.15, -0.1) is 0 Å². The minimum absolute atomic E-state index is 0.0897. The van der Waals surface area contributed by atoms with Gasteiger partial charge < -0.3 is 14.7 Å². The number of carbonyl (C=O) groups is 2. The molecule has 0 aromatic heterocycles. The number of ether oxygens (including phenoxy) is 1. The van der Waals surface area contributed by atoms with Crippen LogP contribution in [0.25, 0.3) is 10.8 Å². The highest BCUT2D eigenvalue weighted by atomic mass is 16.5. The molecular weight excluding hydrogens is 320 g/mol. The van der Waals surface area contributed by atoms with Crippen LogP contribution in [0.15, 0.2) is 36.4 Å². The summed E-state index contributed by atoms with van der Waals surface area (Å²) in [4.78, 5) is 26.0. The third kappa shape index (κ3) is 3.06. The molecule has 0 aliphatic carbocycles. The van der Waals surface area contributed by atoms with Crippen LogP contribution in [0, 0.1) is 11.3 Å². The number of nitriles is 1. The standard InChI is InChI=1S/C19H18N2O4/c1-25-19(24)18-16(22)8-9-21(18)17(23)10-12-6-7-13(11-20)15-5-3-2-4-14(12)15/h2-7,16,18,22H,8-10H2,1H3/t16-,18+/m1/s1. The van der Waals surface area contributed by atoms with Gasteiger partial charge in [0.05, 0.1) is 31.3 Å². The van der Waals surface area contributed by atoms with Crippen LogP contribution < -0.4 is 0 Å². The number of aliphatic hydroxyl groups excluding tert-OH is 1. The fourth-order valence-electron chi connectivity index (χ4n) is 3.34. The van der Waals surface area contributed by atoms with Gasteiger partial charge in [-0.1, -0.05) is 30.3 Å². The number of carbonyl (C=O) groups excluding carboxylic acids is 2. The summed E-state index contributed by atoms with van der Waals surface area (Å²) in [7, 11) is 1.24. The Hall–Kier alpha value is -2.91. The zero-order valence-corrected chi connectivity index (χ0v) is 13.8. The Morgan fingerprint density at radius 2 is 2.00 bits per heavy atom. The predicted molar refractivity (Wildman–Crippen MR) is 90.5 cm³/mol. The Morgan fingerprint density at radius 3 is 2.68 bits per heavy atom. The van der Waals surface area contributed by atoms with Crippen molar-refractivity contribution in [2.24, 2.45) is 0 Å². The maximum atomic E-state index is 12.7. The van der Waals surface area contributed by atoms with Crippen molar-refractivity contribution in [3.8, 4) is 6.07 Å². The third-order valence-corrected chi connectivity index (χ3v) is 4.61. The molecule has 0 spiro atoms. The maximum Gasteiger partial charge on any atom is 0.331 e. The lowest BCUT2D eigenvalue weighted by atomic mass is 9.98. The number of nitrogens with zero attached hydrogens (tertiary/aromatic N) is 2. The van der Waals surface area contributed by atoms with Crippen LogP contribution in [0.4, 0.5) is 0 Å². The molecule has 1 fully saturated rings. The molecule has 0 radical (unpaired) electrons. The number of hydrogen-bond acceptors (Lipinski definition) is 5. The second-order valence-corrected chi connectivity index (χ2v) is 6.02. The van der Waals surface area contributed by atoms with Gasteiger partial charge in [-0.25, -0.2) is 4.79 Å². The molecule has 2 atom stereocenters. The van der Waals surface area contributed by atoms with Crippen molar-refractivity contribution in [2.45, 2.75) is 25.0 Å². The topological polar surface area (TPSA) is 90.6 Å². The van der Waals surface area contributed by atoms with Gasteiger partial charge in [0.2, 0.25) is 5.91 Å². The number of fused-ring (bicyclic) bond motifs is 1. The Balaban J connectivity index is 1.90. The lowest BCUT2D eigenvalue weighted by Crippen LogP contribution is -2.46. The molecule has 6 nitrogen and oxygen atoms in total. The molecule has 2 aromatic rings. The number of esters is 1. The van der Waals surface area contributed by atoms with Crippen molar-refractivity contribution in [3.05, 3.63) is 47.5 Å². The number of amides is 1. The normalized spacial score (nSPS) is 19.6. The highest BCUT2D eigenvalue weighted by Crippen LogP contribution is 2.25. The monoisotopic (exact) mass is 338 g/mol. The maximum absolute atomic E-state index is 12.7. The summed E-state index contributed by atoms with van der Waals surface area (Å²) in [6.07, 6.45) is -0.472. The van der Waals surface area contributed by atoms with Crippen LogP contribution in [-0.2, 0) is 20.7 Å². The molecule has 0 bridgehead atoms. The highest BCUT2D eigenvalue weighted by Gasteiger charge is 2.41. The first-order valence-corrected chi connectivity index (χ1v) is 8.03. The van der Waals surface area contributed by atoms with E-state index in [0.717, 1.165) is 16.3 Å². The van der Waals surface area contributed by atoms with Gasteiger partial charge >= 0.3 is 5.97 Å². The molecule has 6 heteroatoms. The summed E-state index contributed by atoms with van der Waals surface area (Å²) in [5.74, 6) is -0.857. The minimum atomic E-state index is -0.956. The van der Waals surface area contributed by atoms with E-state index in [1.807, 2.05) is 24.3 Å². The summed E-state index contributed by atoms with van der Waals surface area (Å²) < 4.78 is 4.71. The molecule has 1 aliphatic rings. The van der Waals surface area contributed by atoms with Gasteiger partial charge in [-0.05, 0) is 28.8 Å². The van der Waals surface area contributed by atoms with E-state index in [2.05, 4.69) is 6.07 Å². The van der Waals surface area contributed by atoms with Crippen LogP contribution in [0.2, 0.25) is 0 Å². The molecule has 1 amide bonds. The molecular formula is C19H18N2O4. The van der Waals surface area contributed by atoms with Gasteiger partial charge in [0.15, 0.2) is 6.04 Å². The Morgan fingerprint density at radius 1 is 1.28 bits per heavy atom. The molecule has 128 valence electrons. The molecule has 1 heterocycles. The summed E-state index contributed by atoms with van der Waals surface area (Å²) in [6, 6.07) is 12.1. The zero-order chi connectivity index (χ0) is 18.0. The van der Waals surface area contributed by atoms with Crippen LogP contribution in [0.3, 0.4) is 0 Å². The zero-order valence-electron chi connectivity index (χ0n) is 13.8. The predicted octanol–water partition coefficient (Wildman–Crippen LogP) is 1.39. The van der Waals surface area contributed by atoms with Crippen molar-refractivity contribution in [2.75, 3.05) is 13.7 Å². The number of hydrogen-bond donors (Lipinski definition) is 1. The van der Waals surface area contributed by atoms with Gasteiger partial charge in [0, 0.05) is 6.54 Å². The van der Waals surface area contributed by atoms with Crippen molar-refractivity contribution >= 4 is 22.6 Å². The lowest BCUT2D eigenvalue weighted by molar-refractivity contribution is -0.153. The van der Waals surface area contributed by atoms with E-state index in [1.165, 1.54) is 12.0 Å². The quantitative estimate of drug-likeness (QED) is 0.854. The summed E-state index contributed by atoms with van der Waals surface area (Å²) >= 11 is 0. The van der Waals surface area contributed by atoms with Gasteiger partial charge in [-0.3, -0.25) is 4.79 Å². The van der Waals surface area contributed by atoms with Gasteiger partial charge in [-0.2, -0.15) is 5.26 Å². The molecule has 25 heavy (non-hydrogen) atoms. The number of aliphatic hydroxyl groups is 1. The summed E-state index contributed by atoms with van der Waals surface area (Å²) in [6.45, 7) is 0.313. The first-order chi connectivity index (χ1) is 12.1. The van der Waals surface area contributed by atoms with E-state index >= 15 is 0 Å². The molecule has 1 N–H and O–H groups in total. The average Bonchev–Trinajstić information content (AvgIpc) is 3.03. The van der Waals surface area contributed by atoms with Crippen molar-refractivity contribution < 1.29 is 19.4 Å². The van der Waals surface area contributed by atoms with E-state index in [9.17, 15) is 20.0 Å². The second-order valence-electron chi connectivity index (χ2n) is 6.02. The van der Waals surface area contributed by atoms with Crippen molar-refractivity contribution in [3.63, 3.8) is 0 Å². The van der Waals surface area contributed by atoms with Crippen LogP contribution in [0.5, 0.6) is 0 Å². The number of methoxy groups -OCH3 is 1. The smallest absolute Gasteiger partial charge is 0.331 e. The number of likely N-dealkylation sites (tertiary alicyclic amines) is 1. The lowest BCUT2D eigenvalue weighted by Gasteiger charge is -2.24.